The fourth-order valence-electron chi connectivity index (χ4n) is 3.06. The van der Waals surface area contributed by atoms with E-state index in [1.165, 1.54) is 0 Å². The lowest BCUT2D eigenvalue weighted by Crippen LogP contribution is -2.28. The van der Waals surface area contributed by atoms with Gasteiger partial charge in [0, 0.05) is 11.1 Å². The first kappa shape index (κ1) is 18.7. The van der Waals surface area contributed by atoms with Gasteiger partial charge in [0.15, 0.2) is 0 Å². The van der Waals surface area contributed by atoms with Gasteiger partial charge in [-0.25, -0.2) is 13.8 Å². The Balaban J connectivity index is 1.89. The van der Waals surface area contributed by atoms with Crippen LogP contribution in [0.3, 0.4) is 0 Å². The molecule has 0 saturated heterocycles. The van der Waals surface area contributed by atoms with Gasteiger partial charge in [-0.05, 0) is 13.0 Å². The van der Waals surface area contributed by atoms with Crippen molar-refractivity contribution in [1.29, 1.82) is 0 Å². The van der Waals surface area contributed by atoms with Crippen molar-refractivity contribution in [3.63, 3.8) is 0 Å². The molecule has 2 heterocycles. The quantitative estimate of drug-likeness (QED) is 0.526. The first-order chi connectivity index (χ1) is 14.0. The second kappa shape index (κ2) is 7.79. The third-order valence-electron chi connectivity index (χ3n) is 4.50. The SMILES string of the molecule is Cc1ccc(-c2noc3nc(-c4ccccc4)cc(C(=O)NCC(F)F)c23)cc1. The molecule has 0 aliphatic heterocycles. The van der Waals surface area contributed by atoms with Crippen LogP contribution in [-0.2, 0) is 0 Å². The summed E-state index contributed by atoms with van der Waals surface area (Å²) in [5, 5.41) is 6.75. The van der Waals surface area contributed by atoms with Crippen molar-refractivity contribution in [3.8, 4) is 22.5 Å². The van der Waals surface area contributed by atoms with Gasteiger partial charge in [0.05, 0.1) is 23.2 Å². The summed E-state index contributed by atoms with van der Waals surface area (Å²) in [7, 11) is 0. The number of rotatable bonds is 5. The lowest BCUT2D eigenvalue weighted by molar-refractivity contribution is 0.0893. The Labute approximate surface area is 165 Å². The van der Waals surface area contributed by atoms with Gasteiger partial charge in [0.2, 0.25) is 0 Å². The number of carbonyl (C=O) groups excluding carboxylic acids is 1. The average Bonchev–Trinajstić information content (AvgIpc) is 3.16. The molecular weight excluding hydrogens is 376 g/mol. The van der Waals surface area contributed by atoms with Crippen LogP contribution in [0.25, 0.3) is 33.6 Å². The molecular formula is C22H17F2N3O2. The summed E-state index contributed by atoms with van der Waals surface area (Å²) in [5.74, 6) is -0.633. The predicted octanol–water partition coefficient (Wildman–Crippen LogP) is 4.86. The van der Waals surface area contributed by atoms with E-state index in [0.717, 1.165) is 16.7 Å². The molecule has 1 amide bonds. The molecule has 0 saturated carbocycles. The molecule has 0 atom stereocenters. The number of carbonyl (C=O) groups is 1. The monoisotopic (exact) mass is 393 g/mol. The first-order valence-electron chi connectivity index (χ1n) is 9.02. The average molecular weight is 393 g/mol. The number of hydrogen-bond donors (Lipinski definition) is 1. The van der Waals surface area contributed by atoms with E-state index >= 15 is 0 Å². The third kappa shape index (κ3) is 3.85. The molecule has 0 unspecified atom stereocenters. The van der Waals surface area contributed by atoms with E-state index in [1.54, 1.807) is 6.07 Å². The highest BCUT2D eigenvalue weighted by atomic mass is 19.3. The predicted molar refractivity (Wildman–Crippen MR) is 106 cm³/mol. The highest BCUT2D eigenvalue weighted by molar-refractivity contribution is 6.10. The van der Waals surface area contributed by atoms with Crippen molar-refractivity contribution >= 4 is 17.0 Å². The lowest BCUT2D eigenvalue weighted by atomic mass is 10.0. The number of aromatic nitrogens is 2. The Morgan fingerprint density at radius 3 is 2.48 bits per heavy atom. The number of aryl methyl sites for hydroxylation is 1. The molecule has 0 aliphatic rings. The fraction of sp³-hybridized carbons (Fsp3) is 0.136. The molecule has 4 aromatic rings. The van der Waals surface area contributed by atoms with Crippen molar-refractivity contribution in [2.24, 2.45) is 0 Å². The first-order valence-corrected chi connectivity index (χ1v) is 9.02. The van der Waals surface area contributed by atoms with Crippen LogP contribution in [0.1, 0.15) is 15.9 Å². The van der Waals surface area contributed by atoms with Crippen LogP contribution < -0.4 is 5.32 Å². The molecule has 4 rings (SSSR count). The molecule has 2 aromatic carbocycles. The molecule has 0 fully saturated rings. The van der Waals surface area contributed by atoms with Crippen LogP contribution >= 0.6 is 0 Å². The molecule has 2 aromatic heterocycles. The standard InChI is InChI=1S/C22H17F2N3O2/c1-13-7-9-15(10-8-13)20-19-16(21(28)25-12-18(23)24)11-17(26-22(19)29-27-20)14-5-3-2-4-6-14/h2-11,18H,12H2,1H3,(H,25,28). The van der Waals surface area contributed by atoms with Crippen LogP contribution in [0.5, 0.6) is 0 Å². The van der Waals surface area contributed by atoms with Gasteiger partial charge in [0.1, 0.15) is 5.69 Å². The van der Waals surface area contributed by atoms with Crippen LogP contribution in [0, 0.1) is 6.92 Å². The maximum Gasteiger partial charge on any atom is 0.259 e. The molecule has 0 bridgehead atoms. The summed E-state index contributed by atoms with van der Waals surface area (Å²) in [5.41, 5.74) is 3.87. The Morgan fingerprint density at radius 1 is 1.07 bits per heavy atom. The Kier molecular flexibility index (Phi) is 5.03. The van der Waals surface area contributed by atoms with Crippen LogP contribution in [0.2, 0.25) is 0 Å². The third-order valence-corrected chi connectivity index (χ3v) is 4.50. The number of halogens is 2. The second-order valence-corrected chi connectivity index (χ2v) is 6.60. The minimum Gasteiger partial charge on any atom is -0.346 e. The van der Waals surface area contributed by atoms with E-state index in [2.05, 4.69) is 15.5 Å². The topological polar surface area (TPSA) is 68.0 Å². The summed E-state index contributed by atoms with van der Waals surface area (Å²) in [6, 6.07) is 18.4. The van der Waals surface area contributed by atoms with Gasteiger partial charge < -0.3 is 9.84 Å². The van der Waals surface area contributed by atoms with Crippen molar-refractivity contribution in [2.45, 2.75) is 13.3 Å². The summed E-state index contributed by atoms with van der Waals surface area (Å²) < 4.78 is 30.7. The van der Waals surface area contributed by atoms with Crippen LogP contribution in [0.4, 0.5) is 8.78 Å². The minimum absolute atomic E-state index is 0.170. The normalized spacial score (nSPS) is 11.2. The summed E-state index contributed by atoms with van der Waals surface area (Å²) in [6.45, 7) is 1.22. The number of pyridine rings is 1. The maximum atomic E-state index is 12.7. The number of fused-ring (bicyclic) bond motifs is 1. The summed E-state index contributed by atoms with van der Waals surface area (Å²) in [4.78, 5) is 17.2. The zero-order chi connectivity index (χ0) is 20.4. The number of alkyl halides is 2. The van der Waals surface area contributed by atoms with Gasteiger partial charge in [-0.1, -0.05) is 65.3 Å². The molecule has 7 heteroatoms. The molecule has 0 radical (unpaired) electrons. The summed E-state index contributed by atoms with van der Waals surface area (Å²) >= 11 is 0. The number of hydrogen-bond acceptors (Lipinski definition) is 4. The molecule has 29 heavy (non-hydrogen) atoms. The largest absolute Gasteiger partial charge is 0.346 e. The molecule has 5 nitrogen and oxygen atoms in total. The van der Waals surface area contributed by atoms with Crippen molar-refractivity contribution < 1.29 is 18.1 Å². The molecule has 0 spiro atoms. The Hall–Kier alpha value is -3.61. The van der Waals surface area contributed by atoms with Crippen molar-refractivity contribution in [3.05, 3.63) is 71.8 Å². The maximum absolute atomic E-state index is 12.7. The highest BCUT2D eigenvalue weighted by Crippen LogP contribution is 2.32. The van der Waals surface area contributed by atoms with E-state index in [1.807, 2.05) is 61.5 Å². The van der Waals surface area contributed by atoms with E-state index in [9.17, 15) is 13.6 Å². The van der Waals surface area contributed by atoms with Gasteiger partial charge >= 0.3 is 0 Å². The number of nitrogens with one attached hydrogen (secondary N) is 1. The number of nitrogens with zero attached hydrogens (tertiary/aromatic N) is 2. The zero-order valence-electron chi connectivity index (χ0n) is 15.5. The molecule has 0 aliphatic carbocycles. The lowest BCUT2D eigenvalue weighted by Gasteiger charge is -2.09. The van der Waals surface area contributed by atoms with Crippen molar-refractivity contribution in [2.75, 3.05) is 6.54 Å². The molecule has 146 valence electrons. The van der Waals surface area contributed by atoms with Crippen LogP contribution in [0.15, 0.2) is 65.2 Å². The van der Waals surface area contributed by atoms with Gasteiger partial charge in [-0.2, -0.15) is 0 Å². The zero-order valence-corrected chi connectivity index (χ0v) is 15.5. The fourth-order valence-corrected chi connectivity index (χ4v) is 3.06. The van der Waals surface area contributed by atoms with Crippen molar-refractivity contribution in [1.82, 2.24) is 15.5 Å². The van der Waals surface area contributed by atoms with E-state index < -0.39 is 18.9 Å². The number of amides is 1. The number of benzene rings is 2. The minimum atomic E-state index is -2.65. The molecule has 1 N–H and O–H groups in total. The van der Waals surface area contributed by atoms with E-state index in [0.29, 0.717) is 16.8 Å². The van der Waals surface area contributed by atoms with Crippen LogP contribution in [-0.4, -0.2) is 29.0 Å². The van der Waals surface area contributed by atoms with E-state index in [-0.39, 0.29) is 11.3 Å². The summed E-state index contributed by atoms with van der Waals surface area (Å²) in [6.07, 6.45) is -2.65. The van der Waals surface area contributed by atoms with Gasteiger partial charge in [-0.15, -0.1) is 0 Å². The van der Waals surface area contributed by atoms with Gasteiger partial charge in [0.25, 0.3) is 18.0 Å². The Bertz CT molecular complexity index is 1160. The second-order valence-electron chi connectivity index (χ2n) is 6.60. The van der Waals surface area contributed by atoms with Gasteiger partial charge in [-0.3, -0.25) is 4.79 Å². The smallest absolute Gasteiger partial charge is 0.259 e. The Morgan fingerprint density at radius 2 is 1.79 bits per heavy atom. The highest BCUT2D eigenvalue weighted by Gasteiger charge is 2.22. The van der Waals surface area contributed by atoms with E-state index in [4.69, 9.17) is 4.52 Å².